The van der Waals surface area contributed by atoms with Gasteiger partial charge in [0.2, 0.25) is 0 Å². The molecule has 1 unspecified atom stereocenters. The fraction of sp³-hybridized carbons (Fsp3) is 0.286. The second-order valence-corrected chi connectivity index (χ2v) is 7.20. The van der Waals surface area contributed by atoms with Gasteiger partial charge in [-0.2, -0.15) is 5.26 Å². The first kappa shape index (κ1) is 17.5. The molecule has 2 aliphatic rings. The SMILES string of the molecule is COc1cc(F)cc2c(N3CCN4c5ccccc5NCC4C3)c(C#N)nnc12. The Balaban J connectivity index is 1.57. The van der Waals surface area contributed by atoms with Crippen molar-refractivity contribution in [3.05, 3.63) is 47.9 Å². The van der Waals surface area contributed by atoms with E-state index in [1.807, 2.05) is 12.1 Å². The number of anilines is 3. The highest BCUT2D eigenvalue weighted by Gasteiger charge is 2.33. The fourth-order valence-electron chi connectivity index (χ4n) is 4.34. The van der Waals surface area contributed by atoms with E-state index in [4.69, 9.17) is 4.74 Å². The van der Waals surface area contributed by atoms with Crippen LogP contribution in [0.5, 0.6) is 5.75 Å². The standard InChI is InChI=1S/C21H19FN6O/c1-29-19-9-13(22)8-15-20(19)26-25-17(10-23)21(15)27-6-7-28-14(12-27)11-24-16-4-2-3-5-18(16)28/h2-5,8-9,14,24H,6-7,11-12H2,1H3. The fourth-order valence-corrected chi connectivity index (χ4v) is 4.34. The summed E-state index contributed by atoms with van der Waals surface area (Å²) in [6.07, 6.45) is 0. The molecule has 1 aromatic heterocycles. The van der Waals surface area contributed by atoms with Crippen LogP contribution in [-0.4, -0.2) is 49.5 Å². The first-order chi connectivity index (χ1) is 14.2. The lowest BCUT2D eigenvalue weighted by molar-refractivity contribution is 0.415. The van der Waals surface area contributed by atoms with Crippen LogP contribution >= 0.6 is 0 Å². The molecule has 1 atom stereocenters. The summed E-state index contributed by atoms with van der Waals surface area (Å²) in [5.74, 6) is -0.121. The molecule has 2 aromatic carbocycles. The molecule has 8 heteroatoms. The maximum absolute atomic E-state index is 14.3. The third-order valence-corrected chi connectivity index (χ3v) is 5.64. The number of piperazine rings is 1. The second-order valence-electron chi connectivity index (χ2n) is 7.20. The summed E-state index contributed by atoms with van der Waals surface area (Å²) in [5, 5.41) is 21.9. The number of fused-ring (bicyclic) bond motifs is 4. The van der Waals surface area contributed by atoms with Crippen molar-refractivity contribution in [2.24, 2.45) is 0 Å². The van der Waals surface area contributed by atoms with E-state index in [9.17, 15) is 9.65 Å². The summed E-state index contributed by atoms with van der Waals surface area (Å²) in [6.45, 7) is 2.97. The van der Waals surface area contributed by atoms with E-state index in [2.05, 4.69) is 43.5 Å². The van der Waals surface area contributed by atoms with Gasteiger partial charge in [0.1, 0.15) is 23.2 Å². The van der Waals surface area contributed by atoms with Gasteiger partial charge in [0.05, 0.1) is 30.2 Å². The topological polar surface area (TPSA) is 77.3 Å². The van der Waals surface area contributed by atoms with Gasteiger partial charge in [0.25, 0.3) is 0 Å². The Kier molecular flexibility index (Phi) is 4.09. The lowest BCUT2D eigenvalue weighted by Gasteiger charge is -2.47. The Morgan fingerprint density at radius 1 is 1.24 bits per heavy atom. The van der Waals surface area contributed by atoms with Gasteiger partial charge in [-0.15, -0.1) is 10.2 Å². The quantitative estimate of drug-likeness (QED) is 0.721. The molecule has 0 amide bonds. The van der Waals surface area contributed by atoms with Crippen LogP contribution in [-0.2, 0) is 0 Å². The molecule has 1 N–H and O–H groups in total. The van der Waals surface area contributed by atoms with Crippen molar-refractivity contribution in [2.45, 2.75) is 6.04 Å². The molecule has 29 heavy (non-hydrogen) atoms. The summed E-state index contributed by atoms with van der Waals surface area (Å²) >= 11 is 0. The number of benzene rings is 2. The van der Waals surface area contributed by atoms with Gasteiger partial charge < -0.3 is 19.9 Å². The lowest BCUT2D eigenvalue weighted by Crippen LogP contribution is -2.58. The molecule has 0 spiro atoms. The minimum absolute atomic E-state index is 0.197. The van der Waals surface area contributed by atoms with E-state index in [-0.39, 0.29) is 11.7 Å². The van der Waals surface area contributed by atoms with Crippen molar-refractivity contribution in [2.75, 3.05) is 48.4 Å². The van der Waals surface area contributed by atoms with Crippen molar-refractivity contribution < 1.29 is 9.13 Å². The van der Waals surface area contributed by atoms with Crippen LogP contribution in [0.1, 0.15) is 5.69 Å². The van der Waals surface area contributed by atoms with Crippen molar-refractivity contribution in [3.63, 3.8) is 0 Å². The normalized spacial score (nSPS) is 17.9. The highest BCUT2D eigenvalue weighted by molar-refractivity contribution is 5.97. The molecule has 0 aliphatic carbocycles. The molecule has 146 valence electrons. The average Bonchev–Trinajstić information content (AvgIpc) is 2.77. The number of nitriles is 1. The van der Waals surface area contributed by atoms with Crippen LogP contribution in [0.25, 0.3) is 10.9 Å². The Bertz CT molecular complexity index is 1140. The highest BCUT2D eigenvalue weighted by Crippen LogP contribution is 2.37. The Hall–Kier alpha value is -3.60. The summed E-state index contributed by atoms with van der Waals surface area (Å²) < 4.78 is 19.5. The van der Waals surface area contributed by atoms with Crippen molar-refractivity contribution in [1.82, 2.24) is 10.2 Å². The van der Waals surface area contributed by atoms with E-state index in [1.54, 1.807) is 0 Å². The van der Waals surface area contributed by atoms with Crippen molar-refractivity contribution >= 4 is 28.0 Å². The average molecular weight is 390 g/mol. The minimum atomic E-state index is -0.431. The van der Waals surface area contributed by atoms with E-state index in [1.165, 1.54) is 24.9 Å². The van der Waals surface area contributed by atoms with E-state index in [0.717, 1.165) is 18.8 Å². The van der Waals surface area contributed by atoms with E-state index < -0.39 is 5.82 Å². The zero-order chi connectivity index (χ0) is 20.0. The van der Waals surface area contributed by atoms with Gasteiger partial charge >= 0.3 is 0 Å². The maximum atomic E-state index is 14.3. The van der Waals surface area contributed by atoms with Crippen LogP contribution in [0.3, 0.4) is 0 Å². The molecule has 2 aliphatic heterocycles. The number of para-hydroxylation sites is 2. The molecule has 1 saturated heterocycles. The Morgan fingerprint density at radius 2 is 2.10 bits per heavy atom. The number of hydrogen-bond acceptors (Lipinski definition) is 7. The van der Waals surface area contributed by atoms with Crippen LogP contribution in [0.15, 0.2) is 36.4 Å². The number of nitrogens with one attached hydrogen (secondary N) is 1. The minimum Gasteiger partial charge on any atom is -0.494 e. The number of ether oxygens (including phenoxy) is 1. The number of aromatic nitrogens is 2. The van der Waals surface area contributed by atoms with Crippen LogP contribution in [0.2, 0.25) is 0 Å². The molecule has 1 fully saturated rings. The second kappa shape index (κ2) is 6.78. The molecule has 3 heterocycles. The summed E-state index contributed by atoms with van der Waals surface area (Å²) in [4.78, 5) is 4.51. The van der Waals surface area contributed by atoms with Gasteiger partial charge in [0.15, 0.2) is 5.69 Å². The van der Waals surface area contributed by atoms with E-state index >= 15 is 0 Å². The van der Waals surface area contributed by atoms with Gasteiger partial charge in [-0.05, 0) is 18.2 Å². The van der Waals surface area contributed by atoms with Crippen LogP contribution in [0, 0.1) is 17.1 Å². The van der Waals surface area contributed by atoms with Crippen molar-refractivity contribution in [3.8, 4) is 11.8 Å². The smallest absolute Gasteiger partial charge is 0.187 e. The first-order valence-electron chi connectivity index (χ1n) is 9.48. The van der Waals surface area contributed by atoms with Gasteiger partial charge in [-0.3, -0.25) is 0 Å². The largest absolute Gasteiger partial charge is 0.494 e. The summed E-state index contributed by atoms with van der Waals surface area (Å²) in [5.41, 5.74) is 3.60. The predicted molar refractivity (Wildman–Crippen MR) is 109 cm³/mol. The molecule has 3 aromatic rings. The zero-order valence-electron chi connectivity index (χ0n) is 15.9. The molecule has 0 radical (unpaired) electrons. The number of nitrogens with zero attached hydrogens (tertiary/aromatic N) is 5. The van der Waals surface area contributed by atoms with Gasteiger partial charge in [-0.25, -0.2) is 4.39 Å². The number of hydrogen-bond donors (Lipinski definition) is 1. The molecular weight excluding hydrogens is 371 g/mol. The van der Waals surface area contributed by atoms with Gasteiger partial charge in [0, 0.05) is 37.6 Å². The number of rotatable bonds is 2. The predicted octanol–water partition coefficient (Wildman–Crippen LogP) is 2.77. The van der Waals surface area contributed by atoms with Crippen LogP contribution in [0.4, 0.5) is 21.5 Å². The maximum Gasteiger partial charge on any atom is 0.187 e. The first-order valence-corrected chi connectivity index (χ1v) is 9.48. The molecule has 0 bridgehead atoms. The number of methoxy groups -OCH3 is 1. The molecular formula is C21H19FN6O. The van der Waals surface area contributed by atoms with Gasteiger partial charge in [-0.1, -0.05) is 12.1 Å². The Morgan fingerprint density at radius 3 is 2.93 bits per heavy atom. The van der Waals surface area contributed by atoms with Crippen molar-refractivity contribution in [1.29, 1.82) is 5.26 Å². The molecule has 7 nitrogen and oxygen atoms in total. The lowest BCUT2D eigenvalue weighted by atomic mass is 10.0. The van der Waals surface area contributed by atoms with E-state index in [0.29, 0.717) is 35.4 Å². The van der Waals surface area contributed by atoms with Crippen LogP contribution < -0.4 is 19.9 Å². The highest BCUT2D eigenvalue weighted by atomic mass is 19.1. The monoisotopic (exact) mass is 390 g/mol. The summed E-state index contributed by atoms with van der Waals surface area (Å²) in [7, 11) is 1.47. The zero-order valence-corrected chi connectivity index (χ0v) is 15.9. The molecule has 5 rings (SSSR count). The number of halogens is 1. The third-order valence-electron chi connectivity index (χ3n) is 5.64. The Labute approximate surface area is 167 Å². The molecule has 0 saturated carbocycles. The summed E-state index contributed by atoms with van der Waals surface area (Å²) in [6, 6.07) is 13.3. The third kappa shape index (κ3) is 2.78.